The van der Waals surface area contributed by atoms with E-state index in [-0.39, 0.29) is 0 Å². The van der Waals surface area contributed by atoms with Gasteiger partial charge < -0.3 is 4.74 Å². The zero-order valence-corrected chi connectivity index (χ0v) is 7.36. The second-order valence-electron chi connectivity index (χ2n) is 3.59. The first-order valence-corrected chi connectivity index (χ1v) is 3.47. The van der Waals surface area contributed by atoms with Crippen molar-refractivity contribution < 1.29 is 18.3 Å². The van der Waals surface area contributed by atoms with E-state index in [1.165, 1.54) is 0 Å². The lowest BCUT2D eigenvalue weighted by atomic mass is 9.97. The van der Waals surface area contributed by atoms with Crippen molar-refractivity contribution in [2.45, 2.75) is 26.6 Å². The fraction of sp³-hybridized carbons (Fsp3) is 0.857. The molecule has 0 saturated carbocycles. The van der Waals surface area contributed by atoms with Gasteiger partial charge in [-0.3, -0.25) is 4.79 Å². The summed E-state index contributed by atoms with van der Waals surface area (Å²) in [4.78, 5) is 10.9. The third-order valence-corrected chi connectivity index (χ3v) is 1.01. The minimum atomic E-state index is -3.44. The van der Waals surface area contributed by atoms with Gasteiger partial charge in [-0.25, -0.2) is 8.78 Å². The van der Waals surface area contributed by atoms with Gasteiger partial charge in [0.15, 0.2) is 7.85 Å². The van der Waals surface area contributed by atoms with E-state index in [1.54, 1.807) is 20.8 Å². The Kier molecular flexibility index (Phi) is 3.24. The molecule has 2 nitrogen and oxygen atoms in total. The van der Waals surface area contributed by atoms with Crippen molar-refractivity contribution in [3.63, 3.8) is 0 Å². The Labute approximate surface area is 71.7 Å². The molecule has 0 unspecified atom stereocenters. The molecule has 2 radical (unpaired) electrons. The quantitative estimate of drug-likeness (QED) is 0.468. The van der Waals surface area contributed by atoms with Crippen LogP contribution in [-0.2, 0) is 9.53 Å². The molecule has 5 heteroatoms. The molecule has 0 fully saturated rings. The molecule has 0 heterocycles. The number of carbonyl (C=O) groups is 1. The summed E-state index contributed by atoms with van der Waals surface area (Å²) in [6.07, 6.45) is 0. The Bertz CT molecular complexity index is 169. The zero-order valence-electron chi connectivity index (χ0n) is 7.36. The number of hydrogen-bond acceptors (Lipinski definition) is 2. The molecule has 68 valence electrons. The highest BCUT2D eigenvalue weighted by atomic mass is 19.3. The van der Waals surface area contributed by atoms with Gasteiger partial charge in [0.05, 0.1) is 5.41 Å². The van der Waals surface area contributed by atoms with Crippen molar-refractivity contribution in [1.29, 1.82) is 0 Å². The summed E-state index contributed by atoms with van der Waals surface area (Å²) >= 11 is 0. The summed E-state index contributed by atoms with van der Waals surface area (Å²) in [5.74, 6) is -4.13. The van der Waals surface area contributed by atoms with Crippen LogP contribution in [0.25, 0.3) is 0 Å². The maximum Gasteiger partial charge on any atom is 0.311 e. The molecular weight excluding hydrogens is 165 g/mol. The predicted octanol–water partition coefficient (Wildman–Crippen LogP) is 1.34. The molecule has 12 heavy (non-hydrogen) atoms. The first-order valence-electron chi connectivity index (χ1n) is 3.47. The van der Waals surface area contributed by atoms with Crippen LogP contribution in [-0.4, -0.2) is 26.2 Å². The minimum Gasteiger partial charge on any atom is -0.460 e. The Morgan fingerprint density at radius 2 is 1.83 bits per heavy atom. The highest BCUT2D eigenvalue weighted by molar-refractivity contribution is 6.13. The van der Waals surface area contributed by atoms with E-state index in [9.17, 15) is 13.6 Å². The van der Waals surface area contributed by atoms with E-state index in [4.69, 9.17) is 0 Å². The van der Waals surface area contributed by atoms with Crippen molar-refractivity contribution in [2.75, 3.05) is 6.61 Å². The molecule has 0 bridgehead atoms. The average molecular weight is 176 g/mol. The number of ether oxygens (including phenoxy) is 1. The molecule has 0 N–H and O–H groups in total. The number of rotatable bonds is 2. The topological polar surface area (TPSA) is 26.3 Å². The number of hydrogen-bond donors (Lipinski definition) is 0. The lowest BCUT2D eigenvalue weighted by Crippen LogP contribution is -2.30. The SMILES string of the molecule is [B]C(F)(F)COC(=O)C(C)(C)C. The normalized spacial score (nSPS) is 12.8. The number of carbonyl (C=O) groups excluding carboxylic acids is 1. The molecule has 0 aromatic heterocycles. The number of alkyl halides is 2. The monoisotopic (exact) mass is 176 g/mol. The van der Waals surface area contributed by atoms with Crippen LogP contribution in [0.2, 0.25) is 0 Å². The van der Waals surface area contributed by atoms with Gasteiger partial charge in [0.2, 0.25) is 5.82 Å². The lowest BCUT2D eigenvalue weighted by molar-refractivity contribution is -0.158. The van der Waals surface area contributed by atoms with Gasteiger partial charge in [-0.05, 0) is 20.8 Å². The Balaban J connectivity index is 3.90. The molecule has 0 spiro atoms. The van der Waals surface area contributed by atoms with Crippen LogP contribution in [0.5, 0.6) is 0 Å². The summed E-state index contributed by atoms with van der Waals surface area (Å²) < 4.78 is 28.2. The summed E-state index contributed by atoms with van der Waals surface area (Å²) in [5, 5.41) is 0. The van der Waals surface area contributed by atoms with Crippen LogP contribution in [0, 0.1) is 5.41 Å². The second-order valence-corrected chi connectivity index (χ2v) is 3.59. The Morgan fingerprint density at radius 1 is 1.42 bits per heavy atom. The van der Waals surface area contributed by atoms with Crippen molar-refractivity contribution >= 4 is 13.8 Å². The van der Waals surface area contributed by atoms with Crippen LogP contribution in [0.1, 0.15) is 20.8 Å². The minimum absolute atomic E-state index is 0.687. The summed E-state index contributed by atoms with van der Waals surface area (Å²) in [7, 11) is 4.32. The highest BCUT2D eigenvalue weighted by Crippen LogP contribution is 2.17. The van der Waals surface area contributed by atoms with Crippen molar-refractivity contribution in [3.8, 4) is 0 Å². The van der Waals surface area contributed by atoms with Gasteiger partial charge in [0.25, 0.3) is 0 Å². The van der Waals surface area contributed by atoms with Gasteiger partial charge in [-0.1, -0.05) is 0 Å². The van der Waals surface area contributed by atoms with E-state index in [2.05, 4.69) is 12.6 Å². The molecule has 0 aromatic rings. The molecule has 0 aliphatic rings. The number of esters is 1. The van der Waals surface area contributed by atoms with Gasteiger partial charge in [0.1, 0.15) is 6.61 Å². The smallest absolute Gasteiger partial charge is 0.311 e. The van der Waals surface area contributed by atoms with Crippen molar-refractivity contribution in [1.82, 2.24) is 0 Å². The average Bonchev–Trinajstić information content (AvgIpc) is 1.78. The van der Waals surface area contributed by atoms with E-state index < -0.39 is 23.8 Å². The fourth-order valence-corrected chi connectivity index (χ4v) is 0.378. The van der Waals surface area contributed by atoms with Crippen LogP contribution >= 0.6 is 0 Å². The largest absolute Gasteiger partial charge is 0.460 e. The first-order chi connectivity index (χ1) is 5.13. The summed E-state index contributed by atoms with van der Waals surface area (Å²) in [5.41, 5.74) is -0.773. The van der Waals surface area contributed by atoms with Crippen LogP contribution in [0.15, 0.2) is 0 Å². The van der Waals surface area contributed by atoms with Gasteiger partial charge in [-0.15, -0.1) is 0 Å². The molecule has 0 aliphatic carbocycles. The van der Waals surface area contributed by atoms with Crippen LogP contribution < -0.4 is 0 Å². The van der Waals surface area contributed by atoms with E-state index in [0.717, 1.165) is 0 Å². The fourth-order valence-electron chi connectivity index (χ4n) is 0.378. The van der Waals surface area contributed by atoms with Crippen LogP contribution in [0.3, 0.4) is 0 Å². The molecule has 0 saturated heterocycles. The maximum atomic E-state index is 12.0. The first kappa shape index (κ1) is 11.4. The van der Waals surface area contributed by atoms with Crippen LogP contribution in [0.4, 0.5) is 8.78 Å². The summed E-state index contributed by atoms with van der Waals surface area (Å²) in [6.45, 7) is 3.65. The van der Waals surface area contributed by atoms with E-state index in [1.807, 2.05) is 0 Å². The molecule has 0 aliphatic heterocycles. The maximum absolute atomic E-state index is 12.0. The van der Waals surface area contributed by atoms with Gasteiger partial charge in [0, 0.05) is 0 Å². The standard InChI is InChI=1S/C7H11BF2O2/c1-6(2,3)5(11)12-4-7(8,9)10/h4H2,1-3H3. The third-order valence-electron chi connectivity index (χ3n) is 1.01. The Hall–Kier alpha value is -0.605. The molecular formula is C7H11BF2O2. The molecule has 0 aromatic carbocycles. The predicted molar refractivity (Wildman–Crippen MR) is 41.1 cm³/mol. The second kappa shape index (κ2) is 3.41. The van der Waals surface area contributed by atoms with E-state index >= 15 is 0 Å². The molecule has 0 amide bonds. The van der Waals surface area contributed by atoms with Crippen molar-refractivity contribution in [2.24, 2.45) is 5.41 Å². The molecule has 0 rings (SSSR count). The number of halogens is 2. The highest BCUT2D eigenvalue weighted by Gasteiger charge is 2.28. The molecule has 0 atom stereocenters. The van der Waals surface area contributed by atoms with Crippen molar-refractivity contribution in [3.05, 3.63) is 0 Å². The van der Waals surface area contributed by atoms with Gasteiger partial charge >= 0.3 is 5.97 Å². The zero-order chi connectivity index (χ0) is 9.99. The third kappa shape index (κ3) is 5.10. The Morgan fingerprint density at radius 3 is 2.08 bits per heavy atom. The van der Waals surface area contributed by atoms with E-state index in [0.29, 0.717) is 0 Å². The van der Waals surface area contributed by atoms with Gasteiger partial charge in [-0.2, -0.15) is 0 Å². The lowest BCUT2D eigenvalue weighted by Gasteiger charge is -2.18. The summed E-state index contributed by atoms with van der Waals surface area (Å²) in [6, 6.07) is 0.